The van der Waals surface area contributed by atoms with Gasteiger partial charge in [-0.1, -0.05) is 6.07 Å². The Morgan fingerprint density at radius 3 is 2.67 bits per heavy atom. The number of likely N-dealkylation sites (N-methyl/N-ethyl adjacent to an activating group) is 1. The van der Waals surface area contributed by atoms with Crippen LogP contribution in [0.4, 0.5) is 0 Å². The van der Waals surface area contributed by atoms with Crippen LogP contribution in [0.1, 0.15) is 18.4 Å². The molecule has 1 aliphatic rings. The molecule has 104 valence electrons. The molecule has 0 aliphatic carbocycles. The Morgan fingerprint density at radius 1 is 1.33 bits per heavy atom. The molecule has 0 aromatic carbocycles. The number of nitrogens with one attached hydrogen (secondary N) is 1. The zero-order valence-electron chi connectivity index (χ0n) is 10.8. The molecule has 18 heavy (non-hydrogen) atoms. The third kappa shape index (κ3) is 5.53. The van der Waals surface area contributed by atoms with Gasteiger partial charge in [0.05, 0.1) is 0 Å². The van der Waals surface area contributed by atoms with Crippen molar-refractivity contribution >= 4 is 24.8 Å². The summed E-state index contributed by atoms with van der Waals surface area (Å²) in [6.45, 7) is 3.47. The Labute approximate surface area is 122 Å². The standard InChI is InChI=1S/C13H21N3.2ClH/c1-16(13-4-8-14-9-5-13)10-6-12-3-2-7-15-11-12;;/h2-3,7,11,13-14H,4-6,8-10H2,1H3;2*1H. The topological polar surface area (TPSA) is 28.2 Å². The fourth-order valence-electron chi connectivity index (χ4n) is 2.28. The monoisotopic (exact) mass is 291 g/mol. The first-order chi connectivity index (χ1) is 7.86. The number of hydrogen-bond donors (Lipinski definition) is 1. The van der Waals surface area contributed by atoms with Crippen molar-refractivity contribution in [1.82, 2.24) is 15.2 Å². The van der Waals surface area contributed by atoms with E-state index in [1.165, 1.54) is 31.5 Å². The van der Waals surface area contributed by atoms with E-state index in [1.807, 2.05) is 18.5 Å². The van der Waals surface area contributed by atoms with Crippen molar-refractivity contribution in [2.24, 2.45) is 0 Å². The largest absolute Gasteiger partial charge is 0.317 e. The molecule has 3 nitrogen and oxygen atoms in total. The SMILES string of the molecule is CN(CCc1cccnc1)C1CCNCC1.Cl.Cl. The molecular formula is C13H23Cl2N3. The highest BCUT2D eigenvalue weighted by Crippen LogP contribution is 2.10. The number of rotatable bonds is 4. The van der Waals surface area contributed by atoms with Gasteiger partial charge < -0.3 is 10.2 Å². The first kappa shape index (κ1) is 17.6. The summed E-state index contributed by atoms with van der Waals surface area (Å²) < 4.78 is 0. The number of piperidine rings is 1. The van der Waals surface area contributed by atoms with E-state index in [0.717, 1.165) is 19.0 Å². The van der Waals surface area contributed by atoms with Crippen LogP contribution in [0.15, 0.2) is 24.5 Å². The summed E-state index contributed by atoms with van der Waals surface area (Å²) in [5.41, 5.74) is 1.34. The van der Waals surface area contributed by atoms with Gasteiger partial charge in [0.25, 0.3) is 0 Å². The van der Waals surface area contributed by atoms with Crippen LogP contribution in [-0.4, -0.2) is 42.6 Å². The summed E-state index contributed by atoms with van der Waals surface area (Å²) in [7, 11) is 2.24. The Bertz CT molecular complexity index is 302. The highest BCUT2D eigenvalue weighted by atomic mass is 35.5. The van der Waals surface area contributed by atoms with Crippen molar-refractivity contribution in [3.63, 3.8) is 0 Å². The predicted molar refractivity (Wildman–Crippen MR) is 81.0 cm³/mol. The van der Waals surface area contributed by atoms with E-state index in [9.17, 15) is 0 Å². The minimum Gasteiger partial charge on any atom is -0.317 e. The Kier molecular flexibility index (Phi) is 9.38. The molecule has 1 aliphatic heterocycles. The van der Waals surface area contributed by atoms with Gasteiger partial charge >= 0.3 is 0 Å². The second kappa shape index (κ2) is 9.56. The van der Waals surface area contributed by atoms with Crippen LogP contribution < -0.4 is 5.32 Å². The van der Waals surface area contributed by atoms with Gasteiger partial charge in [-0.15, -0.1) is 24.8 Å². The number of halogens is 2. The minimum atomic E-state index is 0. The van der Waals surface area contributed by atoms with Gasteiger partial charge in [0, 0.05) is 25.0 Å². The van der Waals surface area contributed by atoms with Crippen LogP contribution in [0.25, 0.3) is 0 Å². The predicted octanol–water partition coefficient (Wildman–Crippen LogP) is 2.15. The molecule has 1 N–H and O–H groups in total. The summed E-state index contributed by atoms with van der Waals surface area (Å²) in [5, 5.41) is 3.41. The fraction of sp³-hybridized carbons (Fsp3) is 0.615. The lowest BCUT2D eigenvalue weighted by molar-refractivity contribution is 0.201. The highest BCUT2D eigenvalue weighted by molar-refractivity contribution is 5.85. The summed E-state index contributed by atoms with van der Waals surface area (Å²) in [5.74, 6) is 0. The molecule has 5 heteroatoms. The molecule has 0 spiro atoms. The Balaban J connectivity index is 0.00000144. The fourth-order valence-corrected chi connectivity index (χ4v) is 2.28. The first-order valence-corrected chi connectivity index (χ1v) is 6.16. The van der Waals surface area contributed by atoms with E-state index in [4.69, 9.17) is 0 Å². The zero-order chi connectivity index (χ0) is 11.2. The average Bonchev–Trinajstić information content (AvgIpc) is 2.38. The van der Waals surface area contributed by atoms with Crippen molar-refractivity contribution in [2.45, 2.75) is 25.3 Å². The molecule has 2 rings (SSSR count). The van der Waals surface area contributed by atoms with Gasteiger partial charge in [-0.05, 0) is 51.0 Å². The van der Waals surface area contributed by atoms with Crippen LogP contribution in [-0.2, 0) is 6.42 Å². The molecule has 0 amide bonds. The molecule has 0 unspecified atom stereocenters. The van der Waals surface area contributed by atoms with Crippen molar-refractivity contribution in [1.29, 1.82) is 0 Å². The lowest BCUT2D eigenvalue weighted by Crippen LogP contribution is -2.41. The van der Waals surface area contributed by atoms with Crippen LogP contribution in [0.5, 0.6) is 0 Å². The molecule has 1 fully saturated rings. The summed E-state index contributed by atoms with van der Waals surface area (Å²) in [6, 6.07) is 4.93. The van der Waals surface area contributed by atoms with E-state index in [0.29, 0.717) is 0 Å². The number of hydrogen-bond acceptors (Lipinski definition) is 3. The van der Waals surface area contributed by atoms with E-state index in [2.05, 4.69) is 28.3 Å². The minimum absolute atomic E-state index is 0. The van der Waals surface area contributed by atoms with Gasteiger partial charge in [0.15, 0.2) is 0 Å². The molecular weight excluding hydrogens is 269 g/mol. The zero-order valence-corrected chi connectivity index (χ0v) is 12.5. The Hall–Kier alpha value is -0.350. The van der Waals surface area contributed by atoms with Crippen LogP contribution in [0, 0.1) is 0 Å². The molecule has 0 atom stereocenters. The molecule has 0 saturated carbocycles. The van der Waals surface area contributed by atoms with Crippen molar-refractivity contribution in [3.8, 4) is 0 Å². The van der Waals surface area contributed by atoms with Gasteiger partial charge in [-0.2, -0.15) is 0 Å². The second-order valence-electron chi connectivity index (χ2n) is 4.57. The molecule has 0 bridgehead atoms. The maximum absolute atomic E-state index is 4.15. The van der Waals surface area contributed by atoms with Gasteiger partial charge in [0.1, 0.15) is 0 Å². The van der Waals surface area contributed by atoms with Crippen molar-refractivity contribution in [3.05, 3.63) is 30.1 Å². The quantitative estimate of drug-likeness (QED) is 0.921. The number of nitrogens with zero attached hydrogens (tertiary/aromatic N) is 2. The second-order valence-corrected chi connectivity index (χ2v) is 4.57. The molecule has 1 aromatic rings. The van der Waals surface area contributed by atoms with Crippen LogP contribution >= 0.6 is 24.8 Å². The first-order valence-electron chi connectivity index (χ1n) is 6.16. The lowest BCUT2D eigenvalue weighted by Gasteiger charge is -2.31. The maximum Gasteiger partial charge on any atom is 0.0300 e. The van der Waals surface area contributed by atoms with Crippen molar-refractivity contribution in [2.75, 3.05) is 26.7 Å². The maximum atomic E-state index is 4.15. The van der Waals surface area contributed by atoms with Crippen LogP contribution in [0.2, 0.25) is 0 Å². The number of pyridine rings is 1. The highest BCUT2D eigenvalue weighted by Gasteiger charge is 2.16. The summed E-state index contributed by atoms with van der Waals surface area (Å²) in [6.07, 6.45) is 7.47. The number of aromatic nitrogens is 1. The smallest absolute Gasteiger partial charge is 0.0300 e. The van der Waals surface area contributed by atoms with Gasteiger partial charge in [0.2, 0.25) is 0 Å². The molecule has 0 radical (unpaired) electrons. The Morgan fingerprint density at radius 2 is 2.06 bits per heavy atom. The van der Waals surface area contributed by atoms with Gasteiger partial charge in [-0.25, -0.2) is 0 Å². The lowest BCUT2D eigenvalue weighted by atomic mass is 10.0. The van der Waals surface area contributed by atoms with E-state index in [1.54, 1.807) is 0 Å². The van der Waals surface area contributed by atoms with E-state index >= 15 is 0 Å². The summed E-state index contributed by atoms with van der Waals surface area (Å²) in [4.78, 5) is 6.64. The molecule has 1 aromatic heterocycles. The molecule has 1 saturated heterocycles. The van der Waals surface area contributed by atoms with Gasteiger partial charge in [-0.3, -0.25) is 4.98 Å². The normalized spacial score (nSPS) is 15.9. The van der Waals surface area contributed by atoms with Crippen molar-refractivity contribution < 1.29 is 0 Å². The average molecular weight is 292 g/mol. The summed E-state index contributed by atoms with van der Waals surface area (Å²) >= 11 is 0. The van der Waals surface area contributed by atoms with E-state index in [-0.39, 0.29) is 24.8 Å². The third-order valence-electron chi connectivity index (χ3n) is 3.41. The van der Waals surface area contributed by atoms with Crippen LogP contribution in [0.3, 0.4) is 0 Å². The van der Waals surface area contributed by atoms with E-state index < -0.39 is 0 Å². The molecule has 2 heterocycles. The third-order valence-corrected chi connectivity index (χ3v) is 3.41.